The highest BCUT2D eigenvalue weighted by Gasteiger charge is 2.05. The molecule has 0 saturated heterocycles. The van der Waals surface area contributed by atoms with Gasteiger partial charge in [-0.15, -0.1) is 0 Å². The normalized spacial score (nSPS) is 13.9. The van der Waals surface area contributed by atoms with Gasteiger partial charge in [0.1, 0.15) is 0 Å². The molecule has 0 aromatic carbocycles. The molecule has 0 fully saturated rings. The van der Waals surface area contributed by atoms with E-state index in [0.717, 1.165) is 17.7 Å². The summed E-state index contributed by atoms with van der Waals surface area (Å²) in [5.41, 5.74) is 5.50. The van der Waals surface area contributed by atoms with Crippen LogP contribution in [0.5, 0.6) is 0 Å². The van der Waals surface area contributed by atoms with Crippen LogP contribution in [0.25, 0.3) is 0 Å². The standard InChI is InChI=1S/C9H21NS/c1-4-9(5-6-10)11-7-8(2)3/h8-9H,4-7,10H2,1-3H3. The van der Waals surface area contributed by atoms with Crippen molar-refractivity contribution in [2.24, 2.45) is 11.7 Å². The Hall–Kier alpha value is 0.310. The predicted octanol–water partition coefficient (Wildman–Crippen LogP) is 2.50. The van der Waals surface area contributed by atoms with E-state index in [0.29, 0.717) is 0 Å². The molecule has 0 amide bonds. The molecule has 1 atom stereocenters. The Morgan fingerprint density at radius 1 is 1.36 bits per heavy atom. The molecule has 0 aliphatic heterocycles. The molecule has 0 aliphatic carbocycles. The van der Waals surface area contributed by atoms with Crippen LogP contribution in [0.1, 0.15) is 33.6 Å². The molecular formula is C9H21NS. The van der Waals surface area contributed by atoms with Gasteiger partial charge in [-0.1, -0.05) is 20.8 Å². The number of hydrogen-bond acceptors (Lipinski definition) is 2. The first-order valence-corrected chi connectivity index (χ1v) is 5.57. The Kier molecular flexibility index (Phi) is 7.18. The molecule has 11 heavy (non-hydrogen) atoms. The number of nitrogens with two attached hydrogens (primary N) is 1. The molecule has 0 radical (unpaired) electrons. The summed E-state index contributed by atoms with van der Waals surface area (Å²) in [6.07, 6.45) is 2.43. The summed E-state index contributed by atoms with van der Waals surface area (Å²) >= 11 is 2.07. The second-order valence-corrected chi connectivity index (χ2v) is 4.67. The number of rotatable bonds is 6. The molecule has 2 N–H and O–H groups in total. The molecular weight excluding hydrogens is 154 g/mol. The Bertz CT molecular complexity index is 83.6. The first-order valence-electron chi connectivity index (χ1n) is 4.52. The van der Waals surface area contributed by atoms with E-state index in [1.807, 2.05) is 0 Å². The van der Waals surface area contributed by atoms with Crippen molar-refractivity contribution in [1.82, 2.24) is 0 Å². The van der Waals surface area contributed by atoms with Crippen molar-refractivity contribution < 1.29 is 0 Å². The molecule has 0 aromatic heterocycles. The maximum Gasteiger partial charge on any atom is 0.00565 e. The van der Waals surface area contributed by atoms with Crippen molar-refractivity contribution in [2.75, 3.05) is 12.3 Å². The van der Waals surface area contributed by atoms with Crippen LogP contribution in [0.2, 0.25) is 0 Å². The van der Waals surface area contributed by atoms with Crippen LogP contribution in [0, 0.1) is 5.92 Å². The van der Waals surface area contributed by atoms with E-state index in [2.05, 4.69) is 32.5 Å². The summed E-state index contributed by atoms with van der Waals surface area (Å²) in [6, 6.07) is 0. The fourth-order valence-corrected chi connectivity index (χ4v) is 2.12. The smallest absolute Gasteiger partial charge is 0.00565 e. The van der Waals surface area contributed by atoms with Gasteiger partial charge >= 0.3 is 0 Å². The summed E-state index contributed by atoms with van der Waals surface area (Å²) in [6.45, 7) is 7.61. The third-order valence-electron chi connectivity index (χ3n) is 1.61. The Labute approximate surface area is 75.1 Å². The van der Waals surface area contributed by atoms with Crippen LogP contribution >= 0.6 is 11.8 Å². The van der Waals surface area contributed by atoms with Gasteiger partial charge in [-0.05, 0) is 31.1 Å². The van der Waals surface area contributed by atoms with E-state index in [1.165, 1.54) is 18.6 Å². The minimum absolute atomic E-state index is 0.794. The minimum Gasteiger partial charge on any atom is -0.330 e. The number of thioether (sulfide) groups is 1. The van der Waals surface area contributed by atoms with E-state index in [9.17, 15) is 0 Å². The molecule has 0 aliphatic rings. The second-order valence-electron chi connectivity index (χ2n) is 3.33. The van der Waals surface area contributed by atoms with Gasteiger partial charge in [0.05, 0.1) is 0 Å². The van der Waals surface area contributed by atoms with Gasteiger partial charge in [-0.2, -0.15) is 11.8 Å². The summed E-state index contributed by atoms with van der Waals surface area (Å²) in [7, 11) is 0. The van der Waals surface area contributed by atoms with Gasteiger partial charge in [0.15, 0.2) is 0 Å². The second kappa shape index (κ2) is 6.99. The molecule has 0 heterocycles. The lowest BCUT2D eigenvalue weighted by atomic mass is 10.2. The van der Waals surface area contributed by atoms with Crippen LogP contribution in [0.15, 0.2) is 0 Å². The molecule has 0 saturated carbocycles. The molecule has 0 bridgehead atoms. The third kappa shape index (κ3) is 6.70. The minimum atomic E-state index is 0.794. The van der Waals surface area contributed by atoms with Crippen molar-refractivity contribution in [1.29, 1.82) is 0 Å². The van der Waals surface area contributed by atoms with Gasteiger partial charge < -0.3 is 5.73 Å². The fourth-order valence-electron chi connectivity index (χ4n) is 0.920. The summed E-state index contributed by atoms with van der Waals surface area (Å²) in [4.78, 5) is 0. The van der Waals surface area contributed by atoms with E-state index >= 15 is 0 Å². The van der Waals surface area contributed by atoms with Gasteiger partial charge in [-0.25, -0.2) is 0 Å². The maximum atomic E-state index is 5.50. The van der Waals surface area contributed by atoms with Gasteiger partial charge in [0, 0.05) is 5.25 Å². The molecule has 1 unspecified atom stereocenters. The third-order valence-corrected chi connectivity index (χ3v) is 3.51. The van der Waals surface area contributed by atoms with Crippen LogP contribution in [0.4, 0.5) is 0 Å². The van der Waals surface area contributed by atoms with E-state index in [4.69, 9.17) is 5.73 Å². The van der Waals surface area contributed by atoms with Crippen LogP contribution in [-0.4, -0.2) is 17.5 Å². The van der Waals surface area contributed by atoms with Gasteiger partial charge in [-0.3, -0.25) is 0 Å². The maximum absolute atomic E-state index is 5.50. The predicted molar refractivity (Wildman–Crippen MR) is 55.0 cm³/mol. The highest BCUT2D eigenvalue weighted by molar-refractivity contribution is 7.99. The number of hydrogen-bond donors (Lipinski definition) is 1. The quantitative estimate of drug-likeness (QED) is 0.671. The summed E-state index contributed by atoms with van der Waals surface area (Å²) < 4.78 is 0. The van der Waals surface area contributed by atoms with Gasteiger partial charge in [0.25, 0.3) is 0 Å². The lowest BCUT2D eigenvalue weighted by Crippen LogP contribution is -2.11. The van der Waals surface area contributed by atoms with Crippen molar-refractivity contribution in [3.63, 3.8) is 0 Å². The van der Waals surface area contributed by atoms with Gasteiger partial charge in [0.2, 0.25) is 0 Å². The topological polar surface area (TPSA) is 26.0 Å². The van der Waals surface area contributed by atoms with Crippen molar-refractivity contribution in [3.8, 4) is 0 Å². The summed E-state index contributed by atoms with van der Waals surface area (Å²) in [5.74, 6) is 2.09. The first-order chi connectivity index (χ1) is 5.20. The lowest BCUT2D eigenvalue weighted by Gasteiger charge is -2.14. The molecule has 1 nitrogen and oxygen atoms in total. The van der Waals surface area contributed by atoms with E-state index in [1.54, 1.807) is 0 Å². The fraction of sp³-hybridized carbons (Fsp3) is 1.00. The SMILES string of the molecule is CCC(CCN)SCC(C)C. The molecule has 0 spiro atoms. The zero-order valence-electron chi connectivity index (χ0n) is 7.97. The monoisotopic (exact) mass is 175 g/mol. The van der Waals surface area contributed by atoms with Crippen molar-refractivity contribution in [2.45, 2.75) is 38.9 Å². The molecule has 0 aromatic rings. The molecule has 2 heteroatoms. The Morgan fingerprint density at radius 3 is 2.36 bits per heavy atom. The highest BCUT2D eigenvalue weighted by atomic mass is 32.2. The zero-order chi connectivity index (χ0) is 8.69. The van der Waals surface area contributed by atoms with E-state index < -0.39 is 0 Å². The molecule has 0 rings (SSSR count). The van der Waals surface area contributed by atoms with E-state index in [-0.39, 0.29) is 0 Å². The molecule has 68 valence electrons. The van der Waals surface area contributed by atoms with Crippen molar-refractivity contribution >= 4 is 11.8 Å². The van der Waals surface area contributed by atoms with Crippen LogP contribution in [0.3, 0.4) is 0 Å². The summed E-state index contributed by atoms with van der Waals surface area (Å²) in [5, 5.41) is 0.794. The highest BCUT2D eigenvalue weighted by Crippen LogP contribution is 2.19. The van der Waals surface area contributed by atoms with Crippen LogP contribution < -0.4 is 5.73 Å². The van der Waals surface area contributed by atoms with Crippen LogP contribution in [-0.2, 0) is 0 Å². The zero-order valence-corrected chi connectivity index (χ0v) is 8.79. The average Bonchev–Trinajstić information content (AvgIpc) is 1.97. The Balaban J connectivity index is 3.35. The lowest BCUT2D eigenvalue weighted by molar-refractivity contribution is 0.720. The van der Waals surface area contributed by atoms with Crippen molar-refractivity contribution in [3.05, 3.63) is 0 Å². The average molecular weight is 175 g/mol. The Morgan fingerprint density at radius 2 is 2.00 bits per heavy atom. The first kappa shape index (κ1) is 11.3. The largest absolute Gasteiger partial charge is 0.330 e.